The lowest BCUT2D eigenvalue weighted by atomic mass is 9.86. The molecule has 1 nitrogen and oxygen atoms in total. The van der Waals surface area contributed by atoms with E-state index in [2.05, 4.69) is 65.8 Å². The predicted octanol–water partition coefficient (Wildman–Crippen LogP) is 1.36. The van der Waals surface area contributed by atoms with Crippen LogP contribution in [0.5, 0.6) is 0 Å². The van der Waals surface area contributed by atoms with Crippen LogP contribution < -0.4 is 24.0 Å². The van der Waals surface area contributed by atoms with Gasteiger partial charge in [0.25, 0.3) is 0 Å². The van der Waals surface area contributed by atoms with E-state index in [4.69, 9.17) is 0 Å². The Bertz CT molecular complexity index is 350. The zero-order chi connectivity index (χ0) is 13.8. The SMILES string of the molecule is CC[N+](CC)(CC)Cc1ccc(C(C)(C)C)cc1.[I-]. The summed E-state index contributed by atoms with van der Waals surface area (Å²) in [6.07, 6.45) is 0. The van der Waals surface area contributed by atoms with E-state index < -0.39 is 0 Å². The van der Waals surface area contributed by atoms with Crippen LogP contribution >= 0.6 is 0 Å². The molecular formula is C17H30IN. The third-order valence-electron chi connectivity index (χ3n) is 4.35. The van der Waals surface area contributed by atoms with Crippen molar-refractivity contribution in [3.8, 4) is 0 Å². The number of hydrogen-bond acceptors (Lipinski definition) is 0. The molecule has 1 rings (SSSR count). The number of rotatable bonds is 5. The van der Waals surface area contributed by atoms with Crippen molar-refractivity contribution in [3.05, 3.63) is 35.4 Å². The van der Waals surface area contributed by atoms with Crippen LogP contribution in [0.25, 0.3) is 0 Å². The highest BCUT2D eigenvalue weighted by molar-refractivity contribution is 5.27. The van der Waals surface area contributed by atoms with Gasteiger partial charge in [0.05, 0.1) is 19.6 Å². The first kappa shape index (κ1) is 18.9. The first-order chi connectivity index (χ1) is 8.37. The van der Waals surface area contributed by atoms with Crippen molar-refractivity contribution in [1.82, 2.24) is 0 Å². The summed E-state index contributed by atoms with van der Waals surface area (Å²) in [6.45, 7) is 18.5. The average Bonchev–Trinajstić information content (AvgIpc) is 2.36. The van der Waals surface area contributed by atoms with Crippen LogP contribution in [0.3, 0.4) is 0 Å². The van der Waals surface area contributed by atoms with Crippen molar-refractivity contribution in [3.63, 3.8) is 0 Å². The molecule has 0 spiro atoms. The van der Waals surface area contributed by atoms with Gasteiger partial charge in [-0.3, -0.25) is 0 Å². The number of hydrogen-bond donors (Lipinski definition) is 0. The molecule has 0 saturated carbocycles. The maximum absolute atomic E-state index is 2.31. The molecule has 0 heterocycles. The molecule has 0 unspecified atom stereocenters. The Morgan fingerprint density at radius 2 is 1.26 bits per heavy atom. The summed E-state index contributed by atoms with van der Waals surface area (Å²) in [6, 6.07) is 9.22. The summed E-state index contributed by atoms with van der Waals surface area (Å²) < 4.78 is 1.19. The molecule has 0 aliphatic heterocycles. The van der Waals surface area contributed by atoms with E-state index in [1.54, 1.807) is 0 Å². The van der Waals surface area contributed by atoms with Crippen LogP contribution in [0.15, 0.2) is 24.3 Å². The van der Waals surface area contributed by atoms with Crippen molar-refractivity contribution >= 4 is 0 Å². The zero-order valence-corrected chi connectivity index (χ0v) is 15.6. The van der Waals surface area contributed by atoms with Crippen LogP contribution in [0.1, 0.15) is 52.7 Å². The maximum Gasteiger partial charge on any atom is 0.104 e. The molecule has 0 aliphatic carbocycles. The van der Waals surface area contributed by atoms with Gasteiger partial charge in [-0.1, -0.05) is 45.0 Å². The van der Waals surface area contributed by atoms with E-state index in [9.17, 15) is 0 Å². The van der Waals surface area contributed by atoms with Gasteiger partial charge in [0.2, 0.25) is 0 Å². The lowest BCUT2D eigenvalue weighted by molar-refractivity contribution is -0.936. The van der Waals surface area contributed by atoms with E-state index in [0.29, 0.717) is 0 Å². The summed E-state index contributed by atoms with van der Waals surface area (Å²) in [5, 5.41) is 0. The smallest absolute Gasteiger partial charge is 0.104 e. The Balaban J connectivity index is 0.00000324. The van der Waals surface area contributed by atoms with E-state index in [0.717, 1.165) is 6.54 Å². The van der Waals surface area contributed by atoms with E-state index in [-0.39, 0.29) is 29.4 Å². The average molecular weight is 375 g/mol. The van der Waals surface area contributed by atoms with Crippen molar-refractivity contribution in [2.75, 3.05) is 19.6 Å². The first-order valence-electron chi connectivity index (χ1n) is 7.31. The van der Waals surface area contributed by atoms with Gasteiger partial charge in [0, 0.05) is 5.56 Å². The summed E-state index contributed by atoms with van der Waals surface area (Å²) in [5.41, 5.74) is 3.15. The third-order valence-corrected chi connectivity index (χ3v) is 4.35. The Labute approximate surface area is 137 Å². The van der Waals surface area contributed by atoms with Crippen molar-refractivity contribution in [2.24, 2.45) is 0 Å². The highest BCUT2D eigenvalue weighted by Crippen LogP contribution is 2.23. The zero-order valence-electron chi connectivity index (χ0n) is 13.5. The number of benzene rings is 1. The highest BCUT2D eigenvalue weighted by Gasteiger charge is 2.21. The van der Waals surface area contributed by atoms with Crippen molar-refractivity contribution < 1.29 is 28.5 Å². The van der Waals surface area contributed by atoms with Gasteiger partial charge < -0.3 is 28.5 Å². The summed E-state index contributed by atoms with van der Waals surface area (Å²) in [7, 11) is 0. The van der Waals surface area contributed by atoms with Crippen LogP contribution in [0.4, 0.5) is 0 Å². The molecule has 0 saturated heterocycles. The van der Waals surface area contributed by atoms with Gasteiger partial charge in [-0.15, -0.1) is 0 Å². The Hall–Kier alpha value is -0.0900. The molecule has 0 aliphatic rings. The summed E-state index contributed by atoms with van der Waals surface area (Å²) >= 11 is 0. The largest absolute Gasteiger partial charge is 1.00 e. The number of nitrogens with zero attached hydrogens (tertiary/aromatic N) is 1. The highest BCUT2D eigenvalue weighted by atomic mass is 127. The minimum absolute atomic E-state index is 0. The van der Waals surface area contributed by atoms with Gasteiger partial charge in [0.15, 0.2) is 0 Å². The lowest BCUT2D eigenvalue weighted by Gasteiger charge is -2.36. The summed E-state index contributed by atoms with van der Waals surface area (Å²) in [5.74, 6) is 0. The standard InChI is InChI=1S/C17H30N.HI/c1-7-18(8-2,9-3)14-15-10-12-16(13-11-15)17(4,5)6;/h10-13H,7-9,14H2,1-6H3;1H/q+1;/p-1. The first-order valence-corrected chi connectivity index (χ1v) is 7.31. The molecule has 110 valence electrons. The fourth-order valence-corrected chi connectivity index (χ4v) is 2.50. The molecule has 0 atom stereocenters. The monoisotopic (exact) mass is 375 g/mol. The molecule has 0 aromatic heterocycles. The van der Waals surface area contributed by atoms with Gasteiger partial charge in [-0.25, -0.2) is 0 Å². The molecule has 0 bridgehead atoms. The van der Waals surface area contributed by atoms with Gasteiger partial charge in [-0.05, 0) is 31.7 Å². The quantitative estimate of drug-likeness (QED) is 0.539. The van der Waals surface area contributed by atoms with E-state index in [1.165, 1.54) is 35.2 Å². The van der Waals surface area contributed by atoms with E-state index >= 15 is 0 Å². The van der Waals surface area contributed by atoms with Crippen molar-refractivity contribution in [1.29, 1.82) is 0 Å². The molecule has 0 N–H and O–H groups in total. The molecule has 1 aromatic carbocycles. The van der Waals surface area contributed by atoms with Crippen LogP contribution in [0.2, 0.25) is 0 Å². The van der Waals surface area contributed by atoms with Gasteiger partial charge >= 0.3 is 0 Å². The minimum atomic E-state index is 0. The maximum atomic E-state index is 2.31. The molecule has 0 amide bonds. The minimum Gasteiger partial charge on any atom is -1.00 e. The Kier molecular flexibility index (Phi) is 7.59. The van der Waals surface area contributed by atoms with Gasteiger partial charge in [-0.2, -0.15) is 0 Å². The third kappa shape index (κ3) is 5.07. The van der Waals surface area contributed by atoms with Crippen LogP contribution in [-0.4, -0.2) is 24.1 Å². The lowest BCUT2D eigenvalue weighted by Crippen LogP contribution is -3.00. The number of halogens is 1. The van der Waals surface area contributed by atoms with Crippen molar-refractivity contribution in [2.45, 2.75) is 53.5 Å². The second kappa shape index (κ2) is 7.63. The fraction of sp³-hybridized carbons (Fsp3) is 0.647. The second-order valence-electron chi connectivity index (χ2n) is 6.40. The Morgan fingerprint density at radius 1 is 0.842 bits per heavy atom. The normalized spacial score (nSPS) is 12.1. The molecule has 19 heavy (non-hydrogen) atoms. The molecule has 2 heteroatoms. The predicted molar refractivity (Wildman–Crippen MR) is 80.7 cm³/mol. The van der Waals surface area contributed by atoms with Gasteiger partial charge in [0.1, 0.15) is 6.54 Å². The topological polar surface area (TPSA) is 0 Å². The second-order valence-corrected chi connectivity index (χ2v) is 6.40. The number of quaternary nitrogens is 1. The fourth-order valence-electron chi connectivity index (χ4n) is 2.50. The summed E-state index contributed by atoms with van der Waals surface area (Å²) in [4.78, 5) is 0. The molecule has 0 fully saturated rings. The molecular weight excluding hydrogens is 345 g/mol. The van der Waals surface area contributed by atoms with E-state index in [1.807, 2.05) is 0 Å². The molecule has 0 radical (unpaired) electrons. The molecule has 1 aromatic rings. The van der Waals surface area contributed by atoms with Crippen LogP contribution in [-0.2, 0) is 12.0 Å². The van der Waals surface area contributed by atoms with Crippen LogP contribution in [0, 0.1) is 0 Å². The Morgan fingerprint density at radius 3 is 1.58 bits per heavy atom.